The molecule has 7 nitrogen and oxygen atoms in total. The van der Waals surface area contributed by atoms with Crippen LogP contribution in [0.4, 0.5) is 0 Å². The Morgan fingerprint density at radius 3 is 2.74 bits per heavy atom. The number of nitrogens with zero attached hydrogens (tertiary/aromatic N) is 2. The van der Waals surface area contributed by atoms with Crippen LogP contribution in [0.25, 0.3) is 11.3 Å². The van der Waals surface area contributed by atoms with Crippen LogP contribution in [-0.4, -0.2) is 52.6 Å². The molecule has 1 saturated heterocycles. The Balaban J connectivity index is 1.30. The van der Waals surface area contributed by atoms with Crippen molar-refractivity contribution < 1.29 is 19.1 Å². The number of Topliss-reactive ketones (excluding diaryl/α,β-unsaturated/α-hetero) is 1. The Morgan fingerprint density at radius 2 is 2.00 bits per heavy atom. The average molecular weight is 417 g/mol. The second-order valence-corrected chi connectivity index (χ2v) is 8.09. The van der Waals surface area contributed by atoms with E-state index in [1.165, 1.54) is 0 Å². The third-order valence-corrected chi connectivity index (χ3v) is 6.18. The highest BCUT2D eigenvalue weighted by Crippen LogP contribution is 2.40. The third-order valence-electron chi connectivity index (χ3n) is 6.18. The largest absolute Gasteiger partial charge is 0.497 e. The van der Waals surface area contributed by atoms with Gasteiger partial charge in [0.2, 0.25) is 0 Å². The summed E-state index contributed by atoms with van der Waals surface area (Å²) in [7, 11) is 1.58. The first-order valence-electron chi connectivity index (χ1n) is 10.4. The van der Waals surface area contributed by atoms with Crippen molar-refractivity contribution in [3.05, 3.63) is 65.9 Å². The van der Waals surface area contributed by atoms with Crippen LogP contribution in [0.2, 0.25) is 0 Å². The Labute approximate surface area is 180 Å². The number of rotatable bonds is 3. The van der Waals surface area contributed by atoms with E-state index < -0.39 is 5.60 Å². The summed E-state index contributed by atoms with van der Waals surface area (Å²) in [4.78, 5) is 27.7. The van der Waals surface area contributed by atoms with Gasteiger partial charge in [-0.2, -0.15) is 5.10 Å². The van der Waals surface area contributed by atoms with Gasteiger partial charge in [0.15, 0.2) is 5.78 Å². The van der Waals surface area contributed by atoms with Crippen LogP contribution < -0.4 is 9.47 Å². The molecular formula is C24H23N3O4. The molecule has 0 radical (unpaired) electrons. The number of hydrogen-bond acceptors (Lipinski definition) is 5. The highest BCUT2D eigenvalue weighted by Gasteiger charge is 2.43. The van der Waals surface area contributed by atoms with E-state index in [1.807, 2.05) is 35.2 Å². The summed E-state index contributed by atoms with van der Waals surface area (Å²) in [6.45, 7) is 1.10. The molecule has 1 amide bonds. The summed E-state index contributed by atoms with van der Waals surface area (Å²) >= 11 is 0. The maximum Gasteiger partial charge on any atom is 0.253 e. The molecule has 0 atom stereocenters. The molecule has 1 aromatic heterocycles. The molecule has 2 aliphatic rings. The van der Waals surface area contributed by atoms with Crippen molar-refractivity contribution in [2.75, 3.05) is 20.2 Å². The number of carbonyl (C=O) groups excluding carboxylic acids is 2. The van der Waals surface area contributed by atoms with Crippen LogP contribution in [0.1, 0.15) is 40.0 Å². The molecule has 5 rings (SSSR count). The lowest BCUT2D eigenvalue weighted by Crippen LogP contribution is -2.52. The van der Waals surface area contributed by atoms with Crippen LogP contribution in [-0.2, 0) is 0 Å². The average Bonchev–Trinajstić information content (AvgIpc) is 3.34. The number of fused-ring (bicyclic) bond motifs is 1. The van der Waals surface area contributed by atoms with Crippen LogP contribution in [0.5, 0.6) is 11.5 Å². The zero-order valence-electron chi connectivity index (χ0n) is 17.3. The van der Waals surface area contributed by atoms with Gasteiger partial charge in [-0.1, -0.05) is 12.1 Å². The number of aromatic amines is 1. The molecule has 1 N–H and O–H groups in total. The number of aromatic nitrogens is 2. The Morgan fingerprint density at radius 1 is 1.16 bits per heavy atom. The molecule has 3 aromatic rings. The van der Waals surface area contributed by atoms with Gasteiger partial charge in [0.1, 0.15) is 17.1 Å². The van der Waals surface area contributed by atoms with Crippen molar-refractivity contribution in [3.8, 4) is 22.8 Å². The third kappa shape index (κ3) is 3.56. The van der Waals surface area contributed by atoms with Crippen molar-refractivity contribution in [3.63, 3.8) is 0 Å². The fourth-order valence-corrected chi connectivity index (χ4v) is 4.42. The van der Waals surface area contributed by atoms with Gasteiger partial charge in [0.05, 0.1) is 24.8 Å². The van der Waals surface area contributed by atoms with Crippen molar-refractivity contribution in [2.24, 2.45) is 0 Å². The summed E-state index contributed by atoms with van der Waals surface area (Å²) in [5.74, 6) is 1.30. The van der Waals surface area contributed by atoms with Gasteiger partial charge in [-0.25, -0.2) is 0 Å². The quantitative estimate of drug-likeness (QED) is 0.702. The monoisotopic (exact) mass is 417 g/mol. The second-order valence-electron chi connectivity index (χ2n) is 8.09. The summed E-state index contributed by atoms with van der Waals surface area (Å²) in [5, 5.41) is 6.90. The van der Waals surface area contributed by atoms with Crippen molar-refractivity contribution >= 4 is 11.7 Å². The minimum Gasteiger partial charge on any atom is -0.497 e. The second kappa shape index (κ2) is 7.58. The van der Waals surface area contributed by atoms with Gasteiger partial charge < -0.3 is 14.4 Å². The Kier molecular flexibility index (Phi) is 4.73. The van der Waals surface area contributed by atoms with E-state index in [0.717, 1.165) is 11.3 Å². The van der Waals surface area contributed by atoms with E-state index in [1.54, 1.807) is 31.5 Å². The summed E-state index contributed by atoms with van der Waals surface area (Å²) in [6.07, 6.45) is 3.25. The molecule has 158 valence electrons. The fraction of sp³-hybridized carbons (Fsp3) is 0.292. The first-order chi connectivity index (χ1) is 15.1. The lowest BCUT2D eigenvalue weighted by molar-refractivity contribution is -0.00576. The fourth-order valence-electron chi connectivity index (χ4n) is 4.42. The molecule has 1 spiro atoms. The van der Waals surface area contributed by atoms with E-state index in [4.69, 9.17) is 9.47 Å². The van der Waals surface area contributed by atoms with Gasteiger partial charge in [-0.3, -0.25) is 14.7 Å². The van der Waals surface area contributed by atoms with Crippen LogP contribution in [0.3, 0.4) is 0 Å². The van der Waals surface area contributed by atoms with Crippen molar-refractivity contribution in [1.29, 1.82) is 0 Å². The number of hydrogen-bond donors (Lipinski definition) is 1. The van der Waals surface area contributed by atoms with Gasteiger partial charge in [-0.05, 0) is 36.4 Å². The topological polar surface area (TPSA) is 84.5 Å². The Bertz CT molecular complexity index is 1130. The minimum atomic E-state index is -0.548. The van der Waals surface area contributed by atoms with Gasteiger partial charge in [0, 0.05) is 43.3 Å². The Hall–Kier alpha value is -3.61. The normalized spacial score (nSPS) is 17.2. The molecule has 31 heavy (non-hydrogen) atoms. The zero-order valence-corrected chi connectivity index (χ0v) is 17.3. The van der Waals surface area contributed by atoms with E-state index in [0.29, 0.717) is 55.0 Å². The lowest BCUT2D eigenvalue weighted by Gasteiger charge is -2.44. The molecule has 2 aromatic carbocycles. The van der Waals surface area contributed by atoms with E-state index >= 15 is 0 Å². The number of nitrogens with one attached hydrogen (secondary N) is 1. The molecule has 0 aliphatic carbocycles. The van der Waals surface area contributed by atoms with E-state index in [9.17, 15) is 9.59 Å². The molecule has 7 heteroatoms. The molecule has 0 unspecified atom stereocenters. The molecular weight excluding hydrogens is 394 g/mol. The maximum absolute atomic E-state index is 13.1. The number of H-pyrrole nitrogens is 1. The standard InChI is InChI=1S/C24H23N3O4/c1-30-18-5-6-22-19(14-18)21(28)15-24(31-22)8-11-27(12-9-24)23(29)17-4-2-3-16(13-17)20-7-10-25-26-20/h2-7,10,13-14H,8-9,11-12,15H2,1H3,(H,25,26). The number of carbonyl (C=O) groups is 2. The predicted octanol–water partition coefficient (Wildman–Crippen LogP) is 3.73. The van der Waals surface area contributed by atoms with Gasteiger partial charge in [-0.15, -0.1) is 0 Å². The summed E-state index contributed by atoms with van der Waals surface area (Å²) < 4.78 is 11.5. The number of methoxy groups -OCH3 is 1. The number of likely N-dealkylation sites (tertiary alicyclic amines) is 1. The molecule has 0 bridgehead atoms. The number of benzene rings is 2. The molecule has 0 saturated carbocycles. The molecule has 1 fully saturated rings. The SMILES string of the molecule is COc1ccc2c(c1)C(=O)CC1(CCN(C(=O)c3cccc(-c4ccn[nH]4)c3)CC1)O2. The summed E-state index contributed by atoms with van der Waals surface area (Å²) in [6, 6.07) is 14.7. The van der Waals surface area contributed by atoms with Crippen molar-refractivity contribution in [2.45, 2.75) is 24.9 Å². The van der Waals surface area contributed by atoms with E-state index in [2.05, 4.69) is 10.2 Å². The summed E-state index contributed by atoms with van der Waals surface area (Å²) in [5.41, 5.74) is 2.45. The molecule has 2 aliphatic heterocycles. The first-order valence-corrected chi connectivity index (χ1v) is 10.4. The van der Waals surface area contributed by atoms with Gasteiger partial charge >= 0.3 is 0 Å². The van der Waals surface area contributed by atoms with Crippen molar-refractivity contribution in [1.82, 2.24) is 15.1 Å². The van der Waals surface area contributed by atoms with Crippen LogP contribution in [0.15, 0.2) is 54.7 Å². The smallest absolute Gasteiger partial charge is 0.253 e. The number of ketones is 1. The van der Waals surface area contributed by atoms with Gasteiger partial charge in [0.25, 0.3) is 5.91 Å². The number of piperidine rings is 1. The number of amides is 1. The maximum atomic E-state index is 13.1. The van der Waals surface area contributed by atoms with E-state index in [-0.39, 0.29) is 11.7 Å². The number of ether oxygens (including phenoxy) is 2. The van der Waals surface area contributed by atoms with Crippen LogP contribution >= 0.6 is 0 Å². The molecule has 3 heterocycles. The first kappa shape index (κ1) is 19.4. The van der Waals surface area contributed by atoms with Crippen LogP contribution in [0, 0.1) is 0 Å². The predicted molar refractivity (Wildman–Crippen MR) is 114 cm³/mol. The highest BCUT2D eigenvalue weighted by molar-refractivity contribution is 6.01. The highest BCUT2D eigenvalue weighted by atomic mass is 16.5. The zero-order chi connectivity index (χ0) is 21.4. The lowest BCUT2D eigenvalue weighted by atomic mass is 9.82. The minimum absolute atomic E-state index is 0.0107.